The van der Waals surface area contributed by atoms with Crippen molar-refractivity contribution in [1.82, 2.24) is 15.2 Å². The second kappa shape index (κ2) is 6.59. The summed E-state index contributed by atoms with van der Waals surface area (Å²) in [4.78, 5) is 16.2. The van der Waals surface area contributed by atoms with Gasteiger partial charge in [-0.25, -0.2) is 4.98 Å². The normalized spacial score (nSPS) is 9.67. The number of nitrogens with zero attached hydrogens (tertiary/aromatic N) is 3. The molecule has 0 fully saturated rings. The zero-order valence-electron chi connectivity index (χ0n) is 11.8. The number of rotatable bonds is 2. The van der Waals surface area contributed by atoms with Crippen molar-refractivity contribution in [2.24, 2.45) is 5.73 Å². The molecule has 2 rings (SSSR count). The van der Waals surface area contributed by atoms with E-state index in [2.05, 4.69) is 32.3 Å². The molecule has 0 aliphatic rings. The molecular formula is C15H15N5O. The number of hydrogen-bond acceptors (Lipinski definition) is 5. The molecule has 1 heterocycles. The van der Waals surface area contributed by atoms with E-state index in [-0.39, 0.29) is 11.9 Å². The fourth-order valence-electron chi connectivity index (χ4n) is 1.54. The fraction of sp³-hybridized carbons (Fsp3) is 0.200. The SMILES string of the molecule is Cc1nnc(NC(=O)c2ccc(C#CCN)cc2)nc1C. The molecular weight excluding hydrogens is 266 g/mol. The van der Waals surface area contributed by atoms with Gasteiger partial charge in [0, 0.05) is 11.1 Å². The Morgan fingerprint density at radius 3 is 2.52 bits per heavy atom. The molecule has 0 aliphatic heterocycles. The van der Waals surface area contributed by atoms with E-state index >= 15 is 0 Å². The van der Waals surface area contributed by atoms with E-state index in [1.54, 1.807) is 24.3 Å². The topological polar surface area (TPSA) is 93.8 Å². The van der Waals surface area contributed by atoms with Crippen LogP contribution in [0.5, 0.6) is 0 Å². The van der Waals surface area contributed by atoms with Gasteiger partial charge in [0.15, 0.2) is 0 Å². The summed E-state index contributed by atoms with van der Waals surface area (Å²) in [5.74, 6) is 5.54. The third kappa shape index (κ3) is 3.84. The maximum atomic E-state index is 12.1. The second-order valence-electron chi connectivity index (χ2n) is 4.34. The van der Waals surface area contributed by atoms with Gasteiger partial charge in [-0.1, -0.05) is 11.8 Å². The number of aryl methyl sites for hydroxylation is 2. The van der Waals surface area contributed by atoms with E-state index in [9.17, 15) is 4.79 Å². The lowest BCUT2D eigenvalue weighted by Crippen LogP contribution is -2.15. The second-order valence-corrected chi connectivity index (χ2v) is 4.34. The number of nitrogens with one attached hydrogen (secondary N) is 1. The molecule has 0 spiro atoms. The van der Waals surface area contributed by atoms with Gasteiger partial charge in [0.2, 0.25) is 5.95 Å². The third-order valence-electron chi connectivity index (χ3n) is 2.80. The maximum absolute atomic E-state index is 12.1. The van der Waals surface area contributed by atoms with Gasteiger partial charge in [-0.15, -0.1) is 5.10 Å². The number of benzene rings is 1. The summed E-state index contributed by atoms with van der Waals surface area (Å²) in [6.45, 7) is 3.92. The smallest absolute Gasteiger partial charge is 0.258 e. The Morgan fingerprint density at radius 1 is 1.19 bits per heavy atom. The number of hydrogen-bond donors (Lipinski definition) is 2. The summed E-state index contributed by atoms with van der Waals surface area (Å²) < 4.78 is 0. The van der Waals surface area contributed by atoms with Crippen molar-refractivity contribution in [2.75, 3.05) is 11.9 Å². The van der Waals surface area contributed by atoms with Crippen LogP contribution in [0.3, 0.4) is 0 Å². The summed E-state index contributed by atoms with van der Waals surface area (Å²) in [6.07, 6.45) is 0. The lowest BCUT2D eigenvalue weighted by Gasteiger charge is -2.04. The van der Waals surface area contributed by atoms with E-state index in [1.807, 2.05) is 13.8 Å². The molecule has 0 bridgehead atoms. The van der Waals surface area contributed by atoms with Crippen LogP contribution in [0.15, 0.2) is 24.3 Å². The first-order valence-electron chi connectivity index (χ1n) is 6.38. The number of nitrogens with two attached hydrogens (primary N) is 1. The van der Waals surface area contributed by atoms with Gasteiger partial charge < -0.3 is 5.73 Å². The Balaban J connectivity index is 2.11. The van der Waals surface area contributed by atoms with Crippen molar-refractivity contribution in [2.45, 2.75) is 13.8 Å². The van der Waals surface area contributed by atoms with Gasteiger partial charge in [0.1, 0.15) is 0 Å². The van der Waals surface area contributed by atoms with Crippen LogP contribution in [0.25, 0.3) is 0 Å². The molecule has 106 valence electrons. The minimum Gasteiger partial charge on any atom is -0.320 e. The molecule has 3 N–H and O–H groups in total. The van der Waals surface area contributed by atoms with E-state index in [1.165, 1.54) is 0 Å². The van der Waals surface area contributed by atoms with E-state index in [4.69, 9.17) is 5.73 Å². The minimum atomic E-state index is -0.293. The van der Waals surface area contributed by atoms with Crippen LogP contribution in [0, 0.1) is 25.7 Å². The summed E-state index contributed by atoms with van der Waals surface area (Å²) in [7, 11) is 0. The molecule has 1 aromatic carbocycles. The fourth-order valence-corrected chi connectivity index (χ4v) is 1.54. The first-order chi connectivity index (χ1) is 10.1. The first kappa shape index (κ1) is 14.6. The highest BCUT2D eigenvalue weighted by atomic mass is 16.1. The van der Waals surface area contributed by atoms with Gasteiger partial charge in [-0.3, -0.25) is 10.1 Å². The molecule has 0 saturated heterocycles. The van der Waals surface area contributed by atoms with Crippen molar-refractivity contribution in [3.8, 4) is 11.8 Å². The lowest BCUT2D eigenvalue weighted by molar-refractivity contribution is 0.102. The number of amides is 1. The van der Waals surface area contributed by atoms with Gasteiger partial charge in [0.25, 0.3) is 5.91 Å². The Morgan fingerprint density at radius 2 is 1.90 bits per heavy atom. The van der Waals surface area contributed by atoms with Crippen LogP contribution in [-0.4, -0.2) is 27.6 Å². The first-order valence-corrected chi connectivity index (χ1v) is 6.38. The molecule has 1 amide bonds. The number of carbonyl (C=O) groups is 1. The van der Waals surface area contributed by atoms with E-state index in [0.717, 1.165) is 17.0 Å². The summed E-state index contributed by atoms with van der Waals surface area (Å²) in [6, 6.07) is 6.89. The molecule has 0 atom stereocenters. The average molecular weight is 281 g/mol. The molecule has 2 aromatic rings. The molecule has 6 heteroatoms. The molecule has 6 nitrogen and oxygen atoms in total. The summed E-state index contributed by atoms with van der Waals surface area (Å²) in [5.41, 5.74) is 8.07. The van der Waals surface area contributed by atoms with Crippen molar-refractivity contribution < 1.29 is 4.79 Å². The Hall–Kier alpha value is -2.78. The average Bonchev–Trinajstić information content (AvgIpc) is 2.49. The standard InChI is InChI=1S/C15H15N5O/c1-10-11(2)19-20-15(17-10)18-14(21)13-7-5-12(6-8-13)4-3-9-16/h5-8H,9,16H2,1-2H3,(H,17,18,20,21). The van der Waals surface area contributed by atoms with Gasteiger partial charge in [0.05, 0.1) is 17.9 Å². The predicted octanol–water partition coefficient (Wildman–Crippen LogP) is 1.05. The molecule has 0 aliphatic carbocycles. The highest BCUT2D eigenvalue weighted by Crippen LogP contribution is 2.07. The highest BCUT2D eigenvalue weighted by molar-refractivity contribution is 6.03. The van der Waals surface area contributed by atoms with Crippen LogP contribution < -0.4 is 11.1 Å². The molecule has 0 saturated carbocycles. The summed E-state index contributed by atoms with van der Waals surface area (Å²) in [5, 5.41) is 10.4. The van der Waals surface area contributed by atoms with Crippen molar-refractivity contribution in [3.05, 3.63) is 46.8 Å². The summed E-state index contributed by atoms with van der Waals surface area (Å²) >= 11 is 0. The van der Waals surface area contributed by atoms with Crippen LogP contribution in [0.1, 0.15) is 27.3 Å². The zero-order chi connectivity index (χ0) is 15.2. The van der Waals surface area contributed by atoms with Crippen LogP contribution >= 0.6 is 0 Å². The lowest BCUT2D eigenvalue weighted by atomic mass is 10.1. The molecule has 1 aromatic heterocycles. The van der Waals surface area contributed by atoms with E-state index in [0.29, 0.717) is 12.1 Å². The van der Waals surface area contributed by atoms with Gasteiger partial charge in [-0.05, 0) is 38.1 Å². The third-order valence-corrected chi connectivity index (χ3v) is 2.80. The van der Waals surface area contributed by atoms with Crippen molar-refractivity contribution >= 4 is 11.9 Å². The Bertz CT molecular complexity index is 713. The number of anilines is 1. The number of carbonyl (C=O) groups excluding carboxylic acids is 1. The molecule has 21 heavy (non-hydrogen) atoms. The van der Waals surface area contributed by atoms with Crippen LogP contribution in [0.4, 0.5) is 5.95 Å². The largest absolute Gasteiger partial charge is 0.320 e. The monoisotopic (exact) mass is 281 g/mol. The van der Waals surface area contributed by atoms with Gasteiger partial charge >= 0.3 is 0 Å². The predicted molar refractivity (Wildman–Crippen MR) is 79.6 cm³/mol. The van der Waals surface area contributed by atoms with E-state index < -0.39 is 0 Å². The zero-order valence-corrected chi connectivity index (χ0v) is 11.8. The molecule has 0 radical (unpaired) electrons. The Labute approximate surface area is 122 Å². The van der Waals surface area contributed by atoms with Crippen molar-refractivity contribution in [3.63, 3.8) is 0 Å². The quantitative estimate of drug-likeness (QED) is 0.802. The Kier molecular flexibility index (Phi) is 4.59. The molecule has 0 unspecified atom stereocenters. The van der Waals surface area contributed by atoms with Gasteiger partial charge in [-0.2, -0.15) is 5.10 Å². The highest BCUT2D eigenvalue weighted by Gasteiger charge is 2.09. The number of aromatic nitrogens is 3. The minimum absolute atomic E-state index is 0.190. The van der Waals surface area contributed by atoms with Crippen molar-refractivity contribution in [1.29, 1.82) is 0 Å². The van der Waals surface area contributed by atoms with Crippen LogP contribution in [-0.2, 0) is 0 Å². The van der Waals surface area contributed by atoms with Crippen LogP contribution in [0.2, 0.25) is 0 Å². The maximum Gasteiger partial charge on any atom is 0.258 e.